The zero-order valence-corrected chi connectivity index (χ0v) is 12.8. The molecule has 0 atom stereocenters. The van der Waals surface area contributed by atoms with Gasteiger partial charge in [-0.05, 0) is 24.3 Å². The van der Waals surface area contributed by atoms with E-state index in [9.17, 15) is 17.2 Å². The molecule has 0 saturated carbocycles. The molecule has 0 unspecified atom stereocenters. The van der Waals surface area contributed by atoms with Crippen molar-refractivity contribution >= 4 is 38.9 Å². The highest BCUT2D eigenvalue weighted by atomic mass is 35.5. The fourth-order valence-electron chi connectivity index (χ4n) is 1.60. The van der Waals surface area contributed by atoms with E-state index in [4.69, 9.17) is 23.2 Å². The second-order valence-corrected chi connectivity index (χ2v) is 6.67. The lowest BCUT2D eigenvalue weighted by Crippen LogP contribution is -2.28. The van der Waals surface area contributed by atoms with Crippen molar-refractivity contribution in [1.82, 2.24) is 4.98 Å². The van der Waals surface area contributed by atoms with Gasteiger partial charge in [-0.2, -0.15) is 0 Å². The number of hydrogen-bond donors (Lipinski definition) is 0. The number of benzene rings is 1. The lowest BCUT2D eigenvalue weighted by molar-refractivity contribution is 0.585. The number of nitrogens with zero attached hydrogens (tertiary/aromatic N) is 2. The van der Waals surface area contributed by atoms with Gasteiger partial charge in [0.05, 0.1) is 5.69 Å². The maximum atomic E-state index is 13.7. The Balaban J connectivity index is 2.55. The van der Waals surface area contributed by atoms with Crippen LogP contribution >= 0.6 is 23.2 Å². The molecule has 1 heterocycles. The van der Waals surface area contributed by atoms with Gasteiger partial charge in [0, 0.05) is 13.1 Å². The van der Waals surface area contributed by atoms with Gasteiger partial charge in [-0.15, -0.1) is 0 Å². The highest BCUT2D eigenvalue weighted by Gasteiger charge is 2.27. The van der Waals surface area contributed by atoms with Crippen LogP contribution in [0.15, 0.2) is 35.2 Å². The summed E-state index contributed by atoms with van der Waals surface area (Å²) in [6, 6.07) is 4.86. The maximum absolute atomic E-state index is 13.7. The molecule has 0 amide bonds. The van der Waals surface area contributed by atoms with Crippen LogP contribution in [0.5, 0.6) is 0 Å². The Hall–Kier alpha value is -1.44. The van der Waals surface area contributed by atoms with Crippen molar-refractivity contribution in [2.24, 2.45) is 0 Å². The molecular formula is C12H8Cl2F2N2O2S. The van der Waals surface area contributed by atoms with E-state index < -0.39 is 27.3 Å². The predicted molar refractivity (Wildman–Crippen MR) is 76.2 cm³/mol. The molecular weight excluding hydrogens is 345 g/mol. The van der Waals surface area contributed by atoms with Crippen molar-refractivity contribution < 1.29 is 17.2 Å². The second-order valence-electron chi connectivity index (χ2n) is 3.99. The Bertz CT molecular complexity index is 800. The number of halogens is 4. The Morgan fingerprint density at radius 1 is 1.14 bits per heavy atom. The van der Waals surface area contributed by atoms with E-state index in [0.29, 0.717) is 4.31 Å². The van der Waals surface area contributed by atoms with Gasteiger partial charge < -0.3 is 0 Å². The first-order valence-corrected chi connectivity index (χ1v) is 7.69. The average Bonchev–Trinajstić information content (AvgIpc) is 2.40. The summed E-state index contributed by atoms with van der Waals surface area (Å²) < 4.78 is 52.3. The van der Waals surface area contributed by atoms with Crippen molar-refractivity contribution in [3.8, 4) is 0 Å². The van der Waals surface area contributed by atoms with Crippen molar-refractivity contribution in [3.05, 3.63) is 52.3 Å². The highest BCUT2D eigenvalue weighted by molar-refractivity contribution is 7.93. The largest absolute Gasteiger partial charge is 0.267 e. The Kier molecular flexibility index (Phi) is 4.36. The number of hydrogen-bond acceptors (Lipinski definition) is 3. The van der Waals surface area contributed by atoms with Crippen molar-refractivity contribution in [1.29, 1.82) is 0 Å². The number of sulfonamides is 1. The van der Waals surface area contributed by atoms with E-state index in [1.807, 2.05) is 0 Å². The molecule has 0 N–H and O–H groups in total. The first-order valence-electron chi connectivity index (χ1n) is 5.49. The average molecular weight is 353 g/mol. The molecule has 4 nitrogen and oxygen atoms in total. The summed E-state index contributed by atoms with van der Waals surface area (Å²) in [5, 5.41) is -0.343. The van der Waals surface area contributed by atoms with Crippen LogP contribution in [0.4, 0.5) is 14.5 Å². The lowest BCUT2D eigenvalue weighted by Gasteiger charge is -2.20. The van der Waals surface area contributed by atoms with E-state index >= 15 is 0 Å². The smallest absolute Gasteiger partial charge is 0.266 e. The van der Waals surface area contributed by atoms with Crippen LogP contribution in [0.25, 0.3) is 0 Å². The van der Waals surface area contributed by atoms with Crippen LogP contribution in [0.3, 0.4) is 0 Å². The van der Waals surface area contributed by atoms with Crippen LogP contribution in [0.1, 0.15) is 0 Å². The van der Waals surface area contributed by atoms with Gasteiger partial charge in [0.15, 0.2) is 5.15 Å². The van der Waals surface area contributed by atoms with Crippen LogP contribution in [-0.2, 0) is 10.0 Å². The maximum Gasteiger partial charge on any atom is 0.267 e. The highest BCUT2D eigenvalue weighted by Crippen LogP contribution is 2.29. The zero-order chi connectivity index (χ0) is 15.8. The number of rotatable bonds is 3. The molecule has 9 heteroatoms. The zero-order valence-electron chi connectivity index (χ0n) is 10.5. The number of aromatic nitrogens is 1. The summed E-state index contributed by atoms with van der Waals surface area (Å²) in [4.78, 5) is 3.25. The van der Waals surface area contributed by atoms with Gasteiger partial charge >= 0.3 is 0 Å². The van der Waals surface area contributed by atoms with E-state index in [-0.39, 0.29) is 15.2 Å². The van der Waals surface area contributed by atoms with Gasteiger partial charge in [0.25, 0.3) is 10.0 Å². The molecule has 2 aromatic rings. The van der Waals surface area contributed by atoms with Gasteiger partial charge in [-0.25, -0.2) is 22.2 Å². The van der Waals surface area contributed by atoms with E-state index in [2.05, 4.69) is 4.98 Å². The Morgan fingerprint density at radius 2 is 1.81 bits per heavy atom. The molecule has 1 aromatic heterocycles. The molecule has 2 rings (SSSR count). The summed E-state index contributed by atoms with van der Waals surface area (Å²) in [5.74, 6) is -1.66. The van der Waals surface area contributed by atoms with Crippen LogP contribution in [-0.4, -0.2) is 20.4 Å². The summed E-state index contributed by atoms with van der Waals surface area (Å²) in [5.41, 5.74) is -0.444. The van der Waals surface area contributed by atoms with E-state index in [1.165, 1.54) is 6.07 Å². The molecule has 0 spiro atoms. The molecule has 21 heavy (non-hydrogen) atoms. The summed E-state index contributed by atoms with van der Waals surface area (Å²) >= 11 is 11.3. The third-order valence-corrected chi connectivity index (χ3v) is 5.08. The third kappa shape index (κ3) is 3.09. The van der Waals surface area contributed by atoms with Gasteiger partial charge in [0.2, 0.25) is 0 Å². The SMILES string of the molecule is CN(c1cc(F)ccc1F)S(=O)(=O)c1ccc(Cl)nc1Cl. The molecule has 0 aliphatic heterocycles. The minimum atomic E-state index is -4.21. The van der Waals surface area contributed by atoms with Crippen LogP contribution < -0.4 is 4.31 Å². The molecule has 0 radical (unpaired) electrons. The molecule has 1 aromatic carbocycles. The molecule has 0 aliphatic carbocycles. The quantitative estimate of drug-likeness (QED) is 0.794. The van der Waals surface area contributed by atoms with E-state index in [0.717, 1.165) is 31.3 Å². The lowest BCUT2D eigenvalue weighted by atomic mass is 10.3. The fourth-order valence-corrected chi connectivity index (χ4v) is 3.43. The topological polar surface area (TPSA) is 50.3 Å². The fraction of sp³-hybridized carbons (Fsp3) is 0.0833. The minimum absolute atomic E-state index is 0.0125. The van der Waals surface area contributed by atoms with Crippen LogP contribution in [0, 0.1) is 11.6 Å². The van der Waals surface area contributed by atoms with Crippen molar-refractivity contribution in [2.75, 3.05) is 11.4 Å². The number of anilines is 1. The first-order chi connectivity index (χ1) is 9.73. The molecule has 112 valence electrons. The summed E-state index contributed by atoms with van der Waals surface area (Å²) in [7, 11) is -3.12. The van der Waals surface area contributed by atoms with Gasteiger partial charge in [-0.1, -0.05) is 23.2 Å². The number of pyridine rings is 1. The van der Waals surface area contributed by atoms with Gasteiger partial charge in [0.1, 0.15) is 21.7 Å². The monoisotopic (exact) mass is 352 g/mol. The summed E-state index contributed by atoms with van der Waals surface area (Å²) in [6.07, 6.45) is 0. The summed E-state index contributed by atoms with van der Waals surface area (Å²) in [6.45, 7) is 0. The van der Waals surface area contributed by atoms with Crippen molar-refractivity contribution in [3.63, 3.8) is 0 Å². The Morgan fingerprint density at radius 3 is 2.43 bits per heavy atom. The van der Waals surface area contributed by atoms with Gasteiger partial charge in [-0.3, -0.25) is 4.31 Å². The predicted octanol–water partition coefficient (Wildman–Crippen LogP) is 3.49. The molecule has 0 saturated heterocycles. The molecule has 0 bridgehead atoms. The molecule has 0 aliphatic rings. The van der Waals surface area contributed by atoms with Crippen molar-refractivity contribution in [2.45, 2.75) is 4.90 Å². The standard InChI is InChI=1S/C12H8Cl2F2N2O2S/c1-18(9-6-7(15)2-3-8(9)16)21(19,20)10-4-5-11(13)17-12(10)14/h2-6H,1H3. The third-order valence-electron chi connectivity index (χ3n) is 2.67. The van der Waals surface area contributed by atoms with E-state index in [1.54, 1.807) is 0 Å². The normalized spacial score (nSPS) is 11.5. The Labute approximate surface area is 130 Å². The minimum Gasteiger partial charge on any atom is -0.266 e. The first kappa shape index (κ1) is 15.9. The molecule has 0 fully saturated rings. The second kappa shape index (κ2) is 5.75. The van der Waals surface area contributed by atoms with Crippen LogP contribution in [0.2, 0.25) is 10.3 Å².